The van der Waals surface area contributed by atoms with Crippen molar-refractivity contribution in [3.8, 4) is 11.1 Å². The van der Waals surface area contributed by atoms with E-state index >= 15 is 0 Å². The molecule has 1 aliphatic heterocycles. The average molecular weight is 477 g/mol. The summed E-state index contributed by atoms with van der Waals surface area (Å²) >= 11 is 0. The highest BCUT2D eigenvalue weighted by Crippen LogP contribution is 2.44. The first-order valence-corrected chi connectivity index (χ1v) is 12.1. The van der Waals surface area contributed by atoms with Crippen LogP contribution >= 0.6 is 0 Å². The van der Waals surface area contributed by atoms with Crippen LogP contribution < -0.4 is 5.32 Å². The van der Waals surface area contributed by atoms with Crippen molar-refractivity contribution in [1.29, 1.82) is 0 Å². The number of allylic oxidation sites excluding steroid dienone is 1. The van der Waals surface area contributed by atoms with Gasteiger partial charge in [0.25, 0.3) is 0 Å². The Balaban J connectivity index is 1.26. The third kappa shape index (κ3) is 4.94. The second-order valence-electron chi connectivity index (χ2n) is 9.44. The van der Waals surface area contributed by atoms with Crippen molar-refractivity contribution in [2.24, 2.45) is 5.41 Å². The van der Waals surface area contributed by atoms with Crippen LogP contribution in [-0.4, -0.2) is 53.7 Å². The van der Waals surface area contributed by atoms with Crippen LogP contribution in [0.5, 0.6) is 0 Å². The Morgan fingerprint density at radius 2 is 1.74 bits per heavy atom. The van der Waals surface area contributed by atoms with Crippen LogP contribution in [0.15, 0.2) is 61.2 Å². The highest BCUT2D eigenvalue weighted by molar-refractivity contribution is 5.83. The van der Waals surface area contributed by atoms with Crippen LogP contribution in [0.25, 0.3) is 11.1 Å². The second kappa shape index (κ2) is 10.3. The van der Waals surface area contributed by atoms with E-state index in [0.29, 0.717) is 19.3 Å². The van der Waals surface area contributed by atoms with Crippen molar-refractivity contribution in [3.05, 3.63) is 72.3 Å². The Morgan fingerprint density at radius 1 is 1.14 bits per heavy atom. The van der Waals surface area contributed by atoms with E-state index in [1.54, 1.807) is 11.0 Å². The Labute approximate surface area is 205 Å². The molecule has 0 spiro atoms. The molecule has 1 fully saturated rings. The first kappa shape index (κ1) is 24.5. The number of amides is 2. The number of nitrogens with zero attached hydrogens (tertiary/aromatic N) is 1. The van der Waals surface area contributed by atoms with E-state index in [-0.39, 0.29) is 44.0 Å². The van der Waals surface area contributed by atoms with Crippen LogP contribution in [-0.2, 0) is 14.3 Å². The maximum absolute atomic E-state index is 12.6. The largest absolute Gasteiger partial charge is 0.481 e. The minimum atomic E-state index is -0.916. The van der Waals surface area contributed by atoms with Crippen molar-refractivity contribution in [2.75, 3.05) is 19.7 Å². The van der Waals surface area contributed by atoms with Crippen molar-refractivity contribution in [2.45, 2.75) is 44.6 Å². The summed E-state index contributed by atoms with van der Waals surface area (Å²) in [5.74, 6) is -1.00. The number of carbonyl (C=O) groups excluding carboxylic acids is 2. The lowest BCUT2D eigenvalue weighted by atomic mass is 9.76. The molecule has 0 saturated carbocycles. The Kier molecular flexibility index (Phi) is 7.24. The number of alkyl carbamates (subject to hydrolysis) is 1. The fourth-order valence-electron chi connectivity index (χ4n) is 5.13. The molecule has 0 radical (unpaired) electrons. The van der Waals surface area contributed by atoms with Gasteiger partial charge in [-0.15, -0.1) is 6.58 Å². The predicted octanol–water partition coefficient (Wildman–Crippen LogP) is 4.57. The number of hydrogen-bond donors (Lipinski definition) is 2. The summed E-state index contributed by atoms with van der Waals surface area (Å²) in [6.07, 6.45) is 2.80. The van der Waals surface area contributed by atoms with E-state index in [1.807, 2.05) is 31.2 Å². The second-order valence-corrected chi connectivity index (χ2v) is 9.44. The third-order valence-electron chi connectivity index (χ3n) is 7.19. The van der Waals surface area contributed by atoms with Gasteiger partial charge in [-0.25, -0.2) is 4.79 Å². The first-order valence-electron chi connectivity index (χ1n) is 12.1. The molecule has 1 saturated heterocycles. The normalized spacial score (nSPS) is 16.4. The molecule has 1 atom stereocenters. The number of benzene rings is 2. The summed E-state index contributed by atoms with van der Waals surface area (Å²) < 4.78 is 5.62. The fourth-order valence-corrected chi connectivity index (χ4v) is 5.13. The lowest BCUT2D eigenvalue weighted by Crippen LogP contribution is -2.62. The molecule has 1 unspecified atom stereocenters. The smallest absolute Gasteiger partial charge is 0.407 e. The fraction of sp³-hybridized carbons (Fsp3) is 0.393. The van der Waals surface area contributed by atoms with Crippen molar-refractivity contribution in [1.82, 2.24) is 10.2 Å². The van der Waals surface area contributed by atoms with Gasteiger partial charge >= 0.3 is 12.1 Å². The molecular weight excluding hydrogens is 444 g/mol. The van der Waals surface area contributed by atoms with E-state index < -0.39 is 17.5 Å². The summed E-state index contributed by atoms with van der Waals surface area (Å²) in [5.41, 5.74) is 3.74. The number of carboxylic acids is 1. The maximum atomic E-state index is 12.6. The molecular formula is C28H32N2O5. The number of hydrogen-bond acceptors (Lipinski definition) is 4. The number of nitrogens with one attached hydrogen (secondary N) is 1. The number of aliphatic carboxylic acids is 1. The van der Waals surface area contributed by atoms with Gasteiger partial charge in [-0.1, -0.05) is 61.5 Å². The highest BCUT2D eigenvalue weighted by Gasteiger charge is 2.50. The molecule has 7 heteroatoms. The van der Waals surface area contributed by atoms with Gasteiger partial charge in [-0.3, -0.25) is 9.59 Å². The molecule has 2 aliphatic rings. The van der Waals surface area contributed by atoms with E-state index in [0.717, 1.165) is 11.1 Å². The van der Waals surface area contributed by atoms with Gasteiger partial charge in [0.05, 0.1) is 0 Å². The first-order chi connectivity index (χ1) is 16.9. The van der Waals surface area contributed by atoms with E-state index in [1.165, 1.54) is 11.1 Å². The van der Waals surface area contributed by atoms with E-state index in [4.69, 9.17) is 4.74 Å². The van der Waals surface area contributed by atoms with Gasteiger partial charge in [0.15, 0.2) is 0 Å². The van der Waals surface area contributed by atoms with Gasteiger partial charge in [-0.2, -0.15) is 0 Å². The summed E-state index contributed by atoms with van der Waals surface area (Å²) in [5, 5.41) is 12.3. The highest BCUT2D eigenvalue weighted by atomic mass is 16.5. The molecule has 0 aromatic heterocycles. The van der Waals surface area contributed by atoms with Crippen LogP contribution in [0.2, 0.25) is 0 Å². The summed E-state index contributed by atoms with van der Waals surface area (Å²) in [7, 11) is 0. The molecule has 2 aromatic carbocycles. The zero-order valence-electron chi connectivity index (χ0n) is 20.0. The SMILES string of the molecule is C=CCC1(C(=O)O)CN(C(=O)CCC(CC)NC(=O)OCC2c3ccccc3-c3ccccc32)C1. The van der Waals surface area contributed by atoms with Gasteiger partial charge in [-0.05, 0) is 41.5 Å². The molecule has 4 rings (SSSR count). The Hall–Kier alpha value is -3.61. The van der Waals surface area contributed by atoms with Gasteiger partial charge < -0.3 is 20.1 Å². The number of carbonyl (C=O) groups is 3. The number of fused-ring (bicyclic) bond motifs is 3. The van der Waals surface area contributed by atoms with Gasteiger partial charge in [0.2, 0.25) is 5.91 Å². The molecule has 2 amide bonds. The summed E-state index contributed by atoms with van der Waals surface area (Å²) in [4.78, 5) is 38.2. The van der Waals surface area contributed by atoms with Crippen LogP contribution in [0.3, 0.4) is 0 Å². The standard InChI is InChI=1S/C28H32N2O5/c1-3-15-28(26(32)33)17-30(18-28)25(31)14-13-19(4-2)29-27(34)35-16-24-22-11-7-5-9-20(22)21-10-6-8-12-23(21)24/h3,5-12,19,24H,1,4,13-18H2,2H3,(H,29,34)(H,32,33). The minimum absolute atomic E-state index is 0.00807. The molecule has 0 bridgehead atoms. The number of ether oxygens (including phenoxy) is 1. The predicted molar refractivity (Wildman–Crippen MR) is 133 cm³/mol. The van der Waals surface area contributed by atoms with Crippen LogP contribution in [0.4, 0.5) is 4.79 Å². The number of likely N-dealkylation sites (tertiary alicyclic amines) is 1. The third-order valence-corrected chi connectivity index (χ3v) is 7.19. The number of rotatable bonds is 10. The quantitative estimate of drug-likeness (QED) is 0.490. The zero-order chi connectivity index (χ0) is 25.0. The monoisotopic (exact) mass is 476 g/mol. The number of carboxylic acid groups (broad SMARTS) is 1. The van der Waals surface area contributed by atoms with Crippen molar-refractivity contribution < 1.29 is 24.2 Å². The van der Waals surface area contributed by atoms with Crippen molar-refractivity contribution in [3.63, 3.8) is 0 Å². The molecule has 1 aliphatic carbocycles. The van der Waals surface area contributed by atoms with E-state index in [9.17, 15) is 19.5 Å². The van der Waals surface area contributed by atoms with Gasteiger partial charge in [0, 0.05) is 31.5 Å². The topological polar surface area (TPSA) is 95.9 Å². The van der Waals surface area contributed by atoms with E-state index in [2.05, 4.69) is 36.2 Å². The molecule has 7 nitrogen and oxygen atoms in total. The maximum Gasteiger partial charge on any atom is 0.407 e. The van der Waals surface area contributed by atoms with Crippen molar-refractivity contribution >= 4 is 18.0 Å². The summed E-state index contributed by atoms with van der Waals surface area (Å²) in [6.45, 7) is 6.20. The Bertz CT molecular complexity index is 1080. The average Bonchev–Trinajstić information content (AvgIpc) is 3.15. The van der Waals surface area contributed by atoms with Crippen LogP contribution in [0.1, 0.15) is 49.7 Å². The lowest BCUT2D eigenvalue weighted by Gasteiger charge is -2.47. The van der Waals surface area contributed by atoms with Crippen LogP contribution in [0, 0.1) is 5.41 Å². The summed E-state index contributed by atoms with van der Waals surface area (Å²) in [6, 6.07) is 16.2. The molecule has 1 heterocycles. The molecule has 35 heavy (non-hydrogen) atoms. The zero-order valence-corrected chi connectivity index (χ0v) is 20.0. The molecule has 184 valence electrons. The molecule has 2 N–H and O–H groups in total. The molecule has 2 aromatic rings. The van der Waals surface area contributed by atoms with Gasteiger partial charge in [0.1, 0.15) is 12.0 Å². The Morgan fingerprint density at radius 3 is 2.29 bits per heavy atom. The minimum Gasteiger partial charge on any atom is -0.481 e. The lowest BCUT2D eigenvalue weighted by molar-refractivity contribution is -0.165.